The number of hydrogen-bond donors (Lipinski definition) is 1. The van der Waals surface area contributed by atoms with Crippen molar-refractivity contribution < 1.29 is 4.79 Å². The Morgan fingerprint density at radius 3 is 2.44 bits per heavy atom. The summed E-state index contributed by atoms with van der Waals surface area (Å²) in [6, 6.07) is 0. The maximum atomic E-state index is 11.7. The predicted molar refractivity (Wildman–Crippen MR) is 75.6 cm³/mol. The minimum absolute atomic E-state index is 0.184. The first-order valence-corrected chi connectivity index (χ1v) is 7.25. The number of nitrogens with one attached hydrogen (secondary N) is 1. The summed E-state index contributed by atoms with van der Waals surface area (Å²) in [7, 11) is 2.13. The molecule has 18 heavy (non-hydrogen) atoms. The summed E-state index contributed by atoms with van der Waals surface area (Å²) in [5.41, 5.74) is 0. The second-order valence-electron chi connectivity index (χ2n) is 5.82. The Bertz CT molecular complexity index is 235. The van der Waals surface area contributed by atoms with Crippen LogP contribution in [0.25, 0.3) is 0 Å². The van der Waals surface area contributed by atoms with Gasteiger partial charge in [0.1, 0.15) is 0 Å². The van der Waals surface area contributed by atoms with Crippen molar-refractivity contribution in [1.29, 1.82) is 0 Å². The molecule has 0 aromatic rings. The van der Waals surface area contributed by atoms with Crippen molar-refractivity contribution in [2.24, 2.45) is 5.92 Å². The van der Waals surface area contributed by atoms with Gasteiger partial charge >= 0.3 is 0 Å². The number of carbonyl (C=O) groups excluding carboxylic acids is 1. The highest BCUT2D eigenvalue weighted by molar-refractivity contribution is 5.77. The highest BCUT2D eigenvalue weighted by Gasteiger charge is 2.15. The van der Waals surface area contributed by atoms with Gasteiger partial charge in [-0.2, -0.15) is 0 Å². The molecule has 1 amide bonds. The first kappa shape index (κ1) is 15.4. The van der Waals surface area contributed by atoms with Crippen LogP contribution < -0.4 is 5.32 Å². The number of piperazine rings is 1. The van der Waals surface area contributed by atoms with E-state index in [1.165, 1.54) is 12.8 Å². The Kier molecular flexibility index (Phi) is 7.28. The van der Waals surface area contributed by atoms with Crippen molar-refractivity contribution in [3.63, 3.8) is 0 Å². The van der Waals surface area contributed by atoms with Crippen molar-refractivity contribution in [3.8, 4) is 0 Å². The summed E-state index contributed by atoms with van der Waals surface area (Å²) in [5.74, 6) is 0.954. The summed E-state index contributed by atoms with van der Waals surface area (Å²) in [6.07, 6.45) is 3.58. The molecule has 106 valence electrons. The average Bonchev–Trinajstić information content (AvgIpc) is 2.31. The molecule has 0 radical (unpaired) electrons. The summed E-state index contributed by atoms with van der Waals surface area (Å²) in [4.78, 5) is 16.3. The number of hydrogen-bond acceptors (Lipinski definition) is 3. The second kappa shape index (κ2) is 8.48. The van der Waals surface area contributed by atoms with Gasteiger partial charge < -0.3 is 10.2 Å². The molecule has 0 aromatic heterocycles. The molecule has 1 aliphatic heterocycles. The van der Waals surface area contributed by atoms with E-state index in [-0.39, 0.29) is 5.91 Å². The van der Waals surface area contributed by atoms with E-state index in [1.807, 2.05) is 0 Å². The quantitative estimate of drug-likeness (QED) is 0.694. The van der Waals surface area contributed by atoms with E-state index >= 15 is 0 Å². The van der Waals surface area contributed by atoms with Gasteiger partial charge in [0.2, 0.25) is 5.91 Å². The van der Waals surface area contributed by atoms with Crippen LogP contribution in [0.5, 0.6) is 0 Å². The van der Waals surface area contributed by atoms with Gasteiger partial charge in [0.05, 0.1) is 6.54 Å². The van der Waals surface area contributed by atoms with Crippen LogP contribution >= 0.6 is 0 Å². The Hall–Kier alpha value is -0.610. The molecule has 0 atom stereocenters. The van der Waals surface area contributed by atoms with E-state index in [9.17, 15) is 4.79 Å². The molecule has 1 heterocycles. The summed E-state index contributed by atoms with van der Waals surface area (Å²) in [5, 5.41) is 3.02. The molecule has 1 rings (SSSR count). The lowest BCUT2D eigenvalue weighted by Gasteiger charge is -2.31. The summed E-state index contributed by atoms with van der Waals surface area (Å²) >= 11 is 0. The summed E-state index contributed by atoms with van der Waals surface area (Å²) < 4.78 is 0. The number of amides is 1. The lowest BCUT2D eigenvalue weighted by Crippen LogP contribution is -2.48. The first-order valence-electron chi connectivity index (χ1n) is 7.25. The Balaban J connectivity index is 2.00. The number of unbranched alkanes of at least 4 members (excludes halogenated alkanes) is 1. The van der Waals surface area contributed by atoms with E-state index in [2.05, 4.69) is 36.0 Å². The van der Waals surface area contributed by atoms with Crippen LogP contribution in [0.4, 0.5) is 0 Å². The lowest BCUT2D eigenvalue weighted by atomic mass is 10.1. The molecule has 0 saturated carbocycles. The minimum Gasteiger partial charge on any atom is -0.355 e. The van der Waals surface area contributed by atoms with E-state index in [0.29, 0.717) is 6.54 Å². The van der Waals surface area contributed by atoms with Gasteiger partial charge in [-0.3, -0.25) is 9.69 Å². The fourth-order valence-corrected chi connectivity index (χ4v) is 2.17. The van der Waals surface area contributed by atoms with E-state index in [1.54, 1.807) is 0 Å². The van der Waals surface area contributed by atoms with Crippen molar-refractivity contribution in [2.75, 3.05) is 46.3 Å². The molecule has 0 aromatic carbocycles. The molecule has 1 aliphatic rings. The second-order valence-corrected chi connectivity index (χ2v) is 5.82. The number of likely N-dealkylation sites (N-methyl/N-ethyl adjacent to an activating group) is 1. The molecule has 4 nitrogen and oxygen atoms in total. The smallest absolute Gasteiger partial charge is 0.234 e. The van der Waals surface area contributed by atoms with Crippen LogP contribution in [0.15, 0.2) is 0 Å². The van der Waals surface area contributed by atoms with Crippen molar-refractivity contribution in [3.05, 3.63) is 0 Å². The van der Waals surface area contributed by atoms with Gasteiger partial charge in [0, 0.05) is 32.7 Å². The first-order chi connectivity index (χ1) is 8.58. The van der Waals surface area contributed by atoms with Gasteiger partial charge in [0.15, 0.2) is 0 Å². The van der Waals surface area contributed by atoms with Gasteiger partial charge in [-0.05, 0) is 19.4 Å². The molecule has 1 saturated heterocycles. The van der Waals surface area contributed by atoms with Crippen LogP contribution in [0.2, 0.25) is 0 Å². The minimum atomic E-state index is 0.184. The zero-order valence-electron chi connectivity index (χ0n) is 12.2. The SMILES string of the molecule is CC(C)CCCCNC(=O)CN1CCN(C)CC1. The van der Waals surface area contributed by atoms with Gasteiger partial charge in [-0.1, -0.05) is 26.7 Å². The highest BCUT2D eigenvalue weighted by Crippen LogP contribution is 2.05. The molecule has 4 heteroatoms. The van der Waals surface area contributed by atoms with E-state index < -0.39 is 0 Å². The van der Waals surface area contributed by atoms with Gasteiger partial charge in [0.25, 0.3) is 0 Å². The van der Waals surface area contributed by atoms with Crippen LogP contribution in [-0.2, 0) is 4.79 Å². The fourth-order valence-electron chi connectivity index (χ4n) is 2.17. The van der Waals surface area contributed by atoms with Crippen molar-refractivity contribution >= 4 is 5.91 Å². The molecule has 0 spiro atoms. The summed E-state index contributed by atoms with van der Waals surface area (Å²) in [6.45, 7) is 10.0. The molecular weight excluding hydrogens is 226 g/mol. The Morgan fingerprint density at radius 1 is 1.17 bits per heavy atom. The lowest BCUT2D eigenvalue weighted by molar-refractivity contribution is -0.122. The van der Waals surface area contributed by atoms with Crippen molar-refractivity contribution in [1.82, 2.24) is 15.1 Å². The predicted octanol–water partition coefficient (Wildman–Crippen LogP) is 1.18. The third-order valence-electron chi connectivity index (χ3n) is 3.49. The fraction of sp³-hybridized carbons (Fsp3) is 0.929. The van der Waals surface area contributed by atoms with Crippen LogP contribution in [0, 0.1) is 5.92 Å². The number of nitrogens with zero attached hydrogens (tertiary/aromatic N) is 2. The Morgan fingerprint density at radius 2 is 1.83 bits per heavy atom. The largest absolute Gasteiger partial charge is 0.355 e. The maximum Gasteiger partial charge on any atom is 0.234 e. The molecule has 0 unspecified atom stereocenters. The monoisotopic (exact) mass is 255 g/mol. The number of carbonyl (C=O) groups is 1. The van der Waals surface area contributed by atoms with Gasteiger partial charge in [-0.25, -0.2) is 0 Å². The highest BCUT2D eigenvalue weighted by atomic mass is 16.2. The van der Waals surface area contributed by atoms with E-state index in [4.69, 9.17) is 0 Å². The zero-order valence-corrected chi connectivity index (χ0v) is 12.2. The molecular formula is C14H29N3O. The molecule has 0 bridgehead atoms. The molecule has 1 fully saturated rings. The van der Waals surface area contributed by atoms with Crippen LogP contribution in [0.3, 0.4) is 0 Å². The van der Waals surface area contributed by atoms with Crippen molar-refractivity contribution in [2.45, 2.75) is 33.1 Å². The third-order valence-corrected chi connectivity index (χ3v) is 3.49. The van der Waals surface area contributed by atoms with Crippen LogP contribution in [-0.4, -0.2) is 62.0 Å². The van der Waals surface area contributed by atoms with Gasteiger partial charge in [-0.15, -0.1) is 0 Å². The maximum absolute atomic E-state index is 11.7. The normalized spacial score (nSPS) is 18.2. The topological polar surface area (TPSA) is 35.6 Å². The standard InChI is InChI=1S/C14H29N3O/c1-13(2)6-4-5-7-15-14(18)12-17-10-8-16(3)9-11-17/h13H,4-12H2,1-3H3,(H,15,18). The zero-order chi connectivity index (χ0) is 13.4. The Labute approximate surface area is 112 Å². The van der Waals surface area contributed by atoms with Crippen LogP contribution in [0.1, 0.15) is 33.1 Å². The third kappa shape index (κ3) is 6.97. The average molecular weight is 255 g/mol. The molecule has 1 N–H and O–H groups in total. The van der Waals surface area contributed by atoms with E-state index in [0.717, 1.165) is 45.1 Å². The number of rotatable bonds is 7. The molecule has 0 aliphatic carbocycles.